The second-order valence-electron chi connectivity index (χ2n) is 6.18. The second kappa shape index (κ2) is 7.26. The number of halogens is 2. The van der Waals surface area contributed by atoms with Crippen molar-refractivity contribution in [2.24, 2.45) is 0 Å². The van der Waals surface area contributed by atoms with E-state index in [9.17, 15) is 4.39 Å². The van der Waals surface area contributed by atoms with Crippen molar-refractivity contribution in [2.45, 2.75) is 31.3 Å². The number of piperazine rings is 1. The number of hydrogen-bond donors (Lipinski definition) is 1. The molecule has 1 aromatic heterocycles. The van der Waals surface area contributed by atoms with Gasteiger partial charge in [0.1, 0.15) is 5.82 Å². The molecule has 1 saturated heterocycles. The van der Waals surface area contributed by atoms with Crippen molar-refractivity contribution in [1.82, 2.24) is 15.2 Å². The Kier molecular flexibility index (Phi) is 5.31. The molecule has 6 heteroatoms. The van der Waals surface area contributed by atoms with Crippen LogP contribution in [0.4, 0.5) is 4.39 Å². The average Bonchev–Trinajstić information content (AvgIpc) is 3.28. The van der Waals surface area contributed by atoms with Crippen molar-refractivity contribution in [3.8, 4) is 0 Å². The minimum atomic E-state index is -0.153. The molecular weight excluding hydrogens is 333 g/mol. The van der Waals surface area contributed by atoms with Gasteiger partial charge in [-0.3, -0.25) is 4.90 Å². The number of hydrogen-bond acceptors (Lipinski definition) is 4. The first-order valence-electron chi connectivity index (χ1n) is 7.94. The third-order valence-corrected chi connectivity index (χ3v) is 5.40. The van der Waals surface area contributed by atoms with Crippen LogP contribution in [0.3, 0.4) is 0 Å². The first-order chi connectivity index (χ1) is 10.8. The van der Waals surface area contributed by atoms with Crippen LogP contribution in [0, 0.1) is 5.82 Å². The maximum Gasteiger partial charge on any atom is 0.123 e. The third kappa shape index (κ3) is 3.74. The van der Waals surface area contributed by atoms with E-state index in [4.69, 9.17) is 0 Å². The van der Waals surface area contributed by atoms with Gasteiger partial charge in [-0.25, -0.2) is 9.37 Å². The summed E-state index contributed by atoms with van der Waals surface area (Å²) in [7, 11) is 0. The summed E-state index contributed by atoms with van der Waals surface area (Å²) in [4.78, 5) is 8.43. The summed E-state index contributed by atoms with van der Waals surface area (Å²) in [6.45, 7) is 3.78. The van der Waals surface area contributed by atoms with Gasteiger partial charge in [-0.05, 0) is 30.5 Å². The molecule has 4 rings (SSSR count). The minimum Gasteiger partial charge on any atom is -0.314 e. The Balaban J connectivity index is 0.00000156. The van der Waals surface area contributed by atoms with Gasteiger partial charge in [0, 0.05) is 43.0 Å². The topological polar surface area (TPSA) is 28.2 Å². The van der Waals surface area contributed by atoms with Crippen LogP contribution in [-0.4, -0.2) is 29.5 Å². The first kappa shape index (κ1) is 16.8. The lowest BCUT2D eigenvalue weighted by Crippen LogP contribution is -2.45. The Hall–Kier alpha value is -1.01. The fourth-order valence-corrected chi connectivity index (χ4v) is 4.12. The van der Waals surface area contributed by atoms with Gasteiger partial charge in [0.2, 0.25) is 0 Å². The van der Waals surface area contributed by atoms with Gasteiger partial charge in [0.15, 0.2) is 0 Å². The van der Waals surface area contributed by atoms with Crippen molar-refractivity contribution < 1.29 is 4.39 Å². The molecule has 0 amide bonds. The van der Waals surface area contributed by atoms with Crippen LogP contribution < -0.4 is 5.32 Å². The SMILES string of the molecule is Cl.Fc1cccc(C2CNCCN2Cc2scnc2C2CC2)c1. The molecule has 0 bridgehead atoms. The standard InChI is InChI=1S/C17H20FN3S.ClH/c18-14-3-1-2-13(8-14)15-9-19-6-7-21(15)10-16-17(12-4-5-12)20-11-22-16;/h1-3,8,11-12,15,19H,4-7,9-10H2;1H. The molecule has 1 atom stereocenters. The highest BCUT2D eigenvalue weighted by Crippen LogP contribution is 2.42. The molecule has 1 aliphatic heterocycles. The van der Waals surface area contributed by atoms with Gasteiger partial charge >= 0.3 is 0 Å². The molecule has 0 radical (unpaired) electrons. The number of nitrogens with zero attached hydrogens (tertiary/aromatic N) is 2. The lowest BCUT2D eigenvalue weighted by molar-refractivity contribution is 0.154. The van der Waals surface area contributed by atoms with Crippen molar-refractivity contribution in [3.63, 3.8) is 0 Å². The van der Waals surface area contributed by atoms with Gasteiger partial charge in [-0.1, -0.05) is 12.1 Å². The second-order valence-corrected chi connectivity index (χ2v) is 7.12. The Morgan fingerprint density at radius 1 is 1.35 bits per heavy atom. The lowest BCUT2D eigenvalue weighted by Gasteiger charge is -2.36. The van der Waals surface area contributed by atoms with E-state index < -0.39 is 0 Å². The normalized spacial score (nSPS) is 21.9. The molecule has 2 heterocycles. The van der Waals surface area contributed by atoms with Gasteiger partial charge in [0.25, 0.3) is 0 Å². The molecule has 124 valence electrons. The smallest absolute Gasteiger partial charge is 0.123 e. The molecule has 1 N–H and O–H groups in total. The predicted octanol–water partition coefficient (Wildman–Crippen LogP) is 3.73. The summed E-state index contributed by atoms with van der Waals surface area (Å²) in [6, 6.07) is 7.25. The maximum atomic E-state index is 13.6. The first-order valence-corrected chi connectivity index (χ1v) is 8.82. The van der Waals surface area contributed by atoms with Crippen molar-refractivity contribution >= 4 is 23.7 Å². The monoisotopic (exact) mass is 353 g/mol. The van der Waals surface area contributed by atoms with E-state index in [1.807, 2.05) is 11.6 Å². The number of thiazole rings is 1. The van der Waals surface area contributed by atoms with Gasteiger partial charge in [0.05, 0.1) is 11.2 Å². The number of rotatable bonds is 4. The van der Waals surface area contributed by atoms with Crippen molar-refractivity contribution in [1.29, 1.82) is 0 Å². The highest BCUT2D eigenvalue weighted by Gasteiger charge is 2.31. The molecule has 3 nitrogen and oxygen atoms in total. The molecule has 1 saturated carbocycles. The van der Waals surface area contributed by atoms with Gasteiger partial charge in [-0.15, -0.1) is 23.7 Å². The largest absolute Gasteiger partial charge is 0.314 e. The molecule has 1 unspecified atom stereocenters. The average molecular weight is 354 g/mol. The summed E-state index contributed by atoms with van der Waals surface area (Å²) in [5, 5.41) is 3.44. The molecule has 0 spiro atoms. The Labute approximate surface area is 146 Å². The zero-order chi connectivity index (χ0) is 14.9. The zero-order valence-electron chi connectivity index (χ0n) is 12.9. The van der Waals surface area contributed by atoms with E-state index in [-0.39, 0.29) is 24.3 Å². The maximum absolute atomic E-state index is 13.6. The Morgan fingerprint density at radius 2 is 2.22 bits per heavy atom. The van der Waals surface area contributed by atoms with Crippen LogP contribution in [0.1, 0.15) is 40.9 Å². The number of aromatic nitrogens is 1. The molecule has 2 fully saturated rings. The predicted molar refractivity (Wildman–Crippen MR) is 93.8 cm³/mol. The quantitative estimate of drug-likeness (QED) is 0.907. The fraction of sp³-hybridized carbons (Fsp3) is 0.471. The molecular formula is C17H21ClFN3S. The van der Waals surface area contributed by atoms with Crippen molar-refractivity contribution in [2.75, 3.05) is 19.6 Å². The summed E-state index contributed by atoms with van der Waals surface area (Å²) >= 11 is 1.76. The van der Waals surface area contributed by atoms with Crippen LogP contribution in [0.15, 0.2) is 29.8 Å². The molecule has 1 aliphatic carbocycles. The minimum absolute atomic E-state index is 0. The lowest BCUT2D eigenvalue weighted by atomic mass is 10.0. The number of nitrogens with one attached hydrogen (secondary N) is 1. The third-order valence-electron chi connectivity index (χ3n) is 4.57. The Morgan fingerprint density at radius 3 is 3.00 bits per heavy atom. The van der Waals surface area contributed by atoms with Gasteiger partial charge < -0.3 is 5.32 Å². The summed E-state index contributed by atoms with van der Waals surface area (Å²) in [5.74, 6) is 0.538. The molecule has 23 heavy (non-hydrogen) atoms. The summed E-state index contributed by atoms with van der Waals surface area (Å²) < 4.78 is 13.6. The number of benzene rings is 1. The molecule has 2 aromatic rings. The van der Waals surface area contributed by atoms with Crippen LogP contribution in [0.5, 0.6) is 0 Å². The van der Waals surface area contributed by atoms with E-state index in [2.05, 4.69) is 15.2 Å². The van der Waals surface area contributed by atoms with E-state index in [1.165, 1.54) is 29.5 Å². The van der Waals surface area contributed by atoms with E-state index in [0.717, 1.165) is 31.7 Å². The van der Waals surface area contributed by atoms with E-state index in [1.54, 1.807) is 23.5 Å². The van der Waals surface area contributed by atoms with E-state index >= 15 is 0 Å². The zero-order valence-corrected chi connectivity index (χ0v) is 14.5. The van der Waals surface area contributed by atoms with Crippen LogP contribution in [0.2, 0.25) is 0 Å². The Bertz CT molecular complexity index is 659. The van der Waals surface area contributed by atoms with Crippen LogP contribution in [-0.2, 0) is 6.54 Å². The highest BCUT2D eigenvalue weighted by atomic mass is 35.5. The van der Waals surface area contributed by atoms with E-state index in [0.29, 0.717) is 5.92 Å². The summed E-state index contributed by atoms with van der Waals surface area (Å²) in [5.41, 5.74) is 4.34. The van der Waals surface area contributed by atoms with Crippen LogP contribution in [0.25, 0.3) is 0 Å². The summed E-state index contributed by atoms with van der Waals surface area (Å²) in [6.07, 6.45) is 2.57. The van der Waals surface area contributed by atoms with Crippen LogP contribution >= 0.6 is 23.7 Å². The highest BCUT2D eigenvalue weighted by molar-refractivity contribution is 7.09. The van der Waals surface area contributed by atoms with Crippen molar-refractivity contribution in [3.05, 3.63) is 51.7 Å². The fourth-order valence-electron chi connectivity index (χ4n) is 3.25. The molecule has 1 aromatic carbocycles. The van der Waals surface area contributed by atoms with Gasteiger partial charge in [-0.2, -0.15) is 0 Å². The molecule has 2 aliphatic rings.